The molecule has 14 heavy (non-hydrogen) atoms. The first kappa shape index (κ1) is 11.9. The highest BCUT2D eigenvalue weighted by atomic mass is 32.1. The van der Waals surface area contributed by atoms with Crippen LogP contribution >= 0.6 is 12.6 Å². The Kier molecular flexibility index (Phi) is 4.79. The molecule has 3 heteroatoms. The summed E-state index contributed by atoms with van der Waals surface area (Å²) in [6.07, 6.45) is 6.12. The van der Waals surface area contributed by atoms with E-state index in [1.807, 2.05) is 6.92 Å². The molecule has 0 heterocycles. The van der Waals surface area contributed by atoms with Crippen molar-refractivity contribution in [3.8, 4) is 0 Å². The van der Waals surface area contributed by atoms with E-state index in [1.54, 1.807) is 0 Å². The van der Waals surface area contributed by atoms with Crippen molar-refractivity contribution < 1.29 is 4.79 Å². The van der Waals surface area contributed by atoms with Crippen molar-refractivity contribution in [1.82, 2.24) is 5.32 Å². The highest BCUT2D eigenvalue weighted by Crippen LogP contribution is 2.26. The Morgan fingerprint density at radius 2 is 2.29 bits per heavy atom. The van der Waals surface area contributed by atoms with Crippen LogP contribution in [0, 0.1) is 5.92 Å². The molecule has 1 amide bonds. The van der Waals surface area contributed by atoms with Crippen LogP contribution < -0.4 is 5.32 Å². The fraction of sp³-hybridized carbons (Fsp3) is 0.909. The molecule has 0 aromatic heterocycles. The summed E-state index contributed by atoms with van der Waals surface area (Å²) in [5.41, 5.74) is 0. The van der Waals surface area contributed by atoms with Gasteiger partial charge in [0.1, 0.15) is 0 Å². The Labute approximate surface area is 92.2 Å². The lowest BCUT2D eigenvalue weighted by Gasteiger charge is -2.29. The molecule has 3 unspecified atom stereocenters. The number of thiol groups is 1. The van der Waals surface area contributed by atoms with Crippen LogP contribution in [0.2, 0.25) is 0 Å². The molecule has 82 valence electrons. The third-order valence-corrected chi connectivity index (χ3v) is 3.32. The van der Waals surface area contributed by atoms with Gasteiger partial charge in [0.05, 0.1) is 5.25 Å². The van der Waals surface area contributed by atoms with E-state index >= 15 is 0 Å². The van der Waals surface area contributed by atoms with Crippen molar-refractivity contribution in [3.63, 3.8) is 0 Å². The van der Waals surface area contributed by atoms with E-state index in [9.17, 15) is 4.79 Å². The van der Waals surface area contributed by atoms with Gasteiger partial charge >= 0.3 is 0 Å². The predicted molar refractivity (Wildman–Crippen MR) is 62.6 cm³/mol. The second-order valence-electron chi connectivity index (χ2n) is 4.32. The maximum atomic E-state index is 11.4. The van der Waals surface area contributed by atoms with Crippen LogP contribution in [0.1, 0.15) is 46.0 Å². The number of rotatable bonds is 3. The molecule has 1 saturated carbocycles. The van der Waals surface area contributed by atoms with E-state index in [0.29, 0.717) is 6.04 Å². The van der Waals surface area contributed by atoms with Gasteiger partial charge in [0.25, 0.3) is 0 Å². The SMILES string of the molecule is CCC1CCCC(NC(=O)C(C)S)C1. The van der Waals surface area contributed by atoms with Gasteiger partial charge in [-0.3, -0.25) is 4.79 Å². The number of carbonyl (C=O) groups excluding carboxylic acids is 1. The average Bonchev–Trinajstić information content (AvgIpc) is 2.18. The van der Waals surface area contributed by atoms with Crippen LogP contribution in [-0.2, 0) is 4.79 Å². The van der Waals surface area contributed by atoms with E-state index in [1.165, 1.54) is 19.3 Å². The van der Waals surface area contributed by atoms with Gasteiger partial charge in [-0.1, -0.05) is 26.2 Å². The zero-order chi connectivity index (χ0) is 10.6. The van der Waals surface area contributed by atoms with Gasteiger partial charge in [0.2, 0.25) is 5.91 Å². The third kappa shape index (κ3) is 3.52. The Morgan fingerprint density at radius 3 is 2.86 bits per heavy atom. The van der Waals surface area contributed by atoms with Gasteiger partial charge in [-0.05, 0) is 25.7 Å². The Balaban J connectivity index is 2.34. The highest BCUT2D eigenvalue weighted by Gasteiger charge is 2.22. The molecule has 1 aliphatic rings. The largest absolute Gasteiger partial charge is 0.352 e. The predicted octanol–water partition coefficient (Wildman–Crippen LogP) is 2.39. The number of hydrogen-bond acceptors (Lipinski definition) is 2. The lowest BCUT2D eigenvalue weighted by Crippen LogP contribution is -2.41. The van der Waals surface area contributed by atoms with E-state index < -0.39 is 0 Å². The fourth-order valence-corrected chi connectivity index (χ4v) is 2.19. The monoisotopic (exact) mass is 215 g/mol. The Bertz CT molecular complexity index is 194. The lowest BCUT2D eigenvalue weighted by atomic mass is 9.84. The first-order chi connectivity index (χ1) is 6.63. The second-order valence-corrected chi connectivity index (χ2v) is 5.10. The normalized spacial score (nSPS) is 29.6. The number of carbonyl (C=O) groups is 1. The summed E-state index contributed by atoms with van der Waals surface area (Å²) >= 11 is 4.13. The van der Waals surface area contributed by atoms with E-state index in [-0.39, 0.29) is 11.2 Å². The minimum Gasteiger partial charge on any atom is -0.352 e. The molecule has 1 fully saturated rings. The summed E-state index contributed by atoms with van der Waals surface area (Å²) in [5, 5.41) is 2.88. The molecule has 0 radical (unpaired) electrons. The lowest BCUT2D eigenvalue weighted by molar-refractivity contribution is -0.121. The molecule has 0 spiro atoms. The minimum absolute atomic E-state index is 0.0788. The summed E-state index contributed by atoms with van der Waals surface area (Å²) < 4.78 is 0. The Hall–Kier alpha value is -0.180. The average molecular weight is 215 g/mol. The quantitative estimate of drug-likeness (QED) is 0.695. The summed E-state index contributed by atoms with van der Waals surface area (Å²) in [6.45, 7) is 4.05. The van der Waals surface area contributed by atoms with Gasteiger partial charge < -0.3 is 5.32 Å². The van der Waals surface area contributed by atoms with Gasteiger partial charge in [-0.25, -0.2) is 0 Å². The minimum atomic E-state index is -0.183. The molecule has 1 N–H and O–H groups in total. The number of amides is 1. The molecular formula is C11H21NOS. The zero-order valence-corrected chi connectivity index (χ0v) is 10.0. The summed E-state index contributed by atoms with van der Waals surface area (Å²) in [5.74, 6) is 0.888. The second kappa shape index (κ2) is 5.64. The highest BCUT2D eigenvalue weighted by molar-refractivity contribution is 7.81. The van der Waals surface area contributed by atoms with Crippen LogP contribution in [0.4, 0.5) is 0 Å². The van der Waals surface area contributed by atoms with Crippen molar-refractivity contribution in [2.45, 2.75) is 57.2 Å². The molecule has 0 saturated heterocycles. The summed E-state index contributed by atoms with van der Waals surface area (Å²) in [4.78, 5) is 11.4. The van der Waals surface area contributed by atoms with Crippen LogP contribution in [-0.4, -0.2) is 17.2 Å². The van der Waals surface area contributed by atoms with Crippen LogP contribution in [0.5, 0.6) is 0 Å². The Morgan fingerprint density at radius 1 is 1.57 bits per heavy atom. The molecule has 0 bridgehead atoms. The smallest absolute Gasteiger partial charge is 0.232 e. The van der Waals surface area contributed by atoms with E-state index in [4.69, 9.17) is 0 Å². The van der Waals surface area contributed by atoms with Crippen molar-refractivity contribution in [1.29, 1.82) is 0 Å². The molecule has 3 atom stereocenters. The molecule has 1 rings (SSSR count). The van der Waals surface area contributed by atoms with Crippen molar-refractivity contribution in [2.24, 2.45) is 5.92 Å². The van der Waals surface area contributed by atoms with Crippen LogP contribution in [0.15, 0.2) is 0 Å². The van der Waals surface area contributed by atoms with Crippen LogP contribution in [0.3, 0.4) is 0 Å². The molecule has 0 aliphatic heterocycles. The number of hydrogen-bond donors (Lipinski definition) is 2. The van der Waals surface area contributed by atoms with E-state index in [2.05, 4.69) is 24.9 Å². The fourth-order valence-electron chi connectivity index (χ4n) is 2.11. The first-order valence-corrected chi connectivity index (χ1v) is 6.13. The summed E-state index contributed by atoms with van der Waals surface area (Å²) in [7, 11) is 0. The maximum absolute atomic E-state index is 11.4. The van der Waals surface area contributed by atoms with Crippen molar-refractivity contribution in [2.75, 3.05) is 0 Å². The topological polar surface area (TPSA) is 29.1 Å². The van der Waals surface area contributed by atoms with Crippen molar-refractivity contribution >= 4 is 18.5 Å². The van der Waals surface area contributed by atoms with Gasteiger partial charge in [0.15, 0.2) is 0 Å². The van der Waals surface area contributed by atoms with Gasteiger partial charge in [-0.2, -0.15) is 12.6 Å². The van der Waals surface area contributed by atoms with E-state index in [0.717, 1.165) is 18.8 Å². The third-order valence-electron chi connectivity index (χ3n) is 3.09. The van der Waals surface area contributed by atoms with Crippen LogP contribution in [0.25, 0.3) is 0 Å². The molecule has 0 aromatic carbocycles. The molecule has 1 aliphatic carbocycles. The maximum Gasteiger partial charge on any atom is 0.232 e. The molecule has 2 nitrogen and oxygen atoms in total. The van der Waals surface area contributed by atoms with Gasteiger partial charge in [0, 0.05) is 6.04 Å². The first-order valence-electron chi connectivity index (χ1n) is 5.62. The summed E-state index contributed by atoms with van der Waals surface area (Å²) in [6, 6.07) is 0.399. The van der Waals surface area contributed by atoms with Crippen molar-refractivity contribution in [3.05, 3.63) is 0 Å². The molecular weight excluding hydrogens is 194 g/mol. The standard InChI is InChI=1S/C11H21NOS/c1-3-9-5-4-6-10(7-9)12-11(13)8(2)14/h8-10,14H,3-7H2,1-2H3,(H,12,13). The zero-order valence-electron chi connectivity index (χ0n) is 9.12. The molecule has 0 aromatic rings. The van der Waals surface area contributed by atoms with Gasteiger partial charge in [-0.15, -0.1) is 0 Å². The number of nitrogens with one attached hydrogen (secondary N) is 1.